The molecule has 1 fully saturated rings. The van der Waals surface area contributed by atoms with Crippen LogP contribution in [0.3, 0.4) is 0 Å². The number of aliphatic hydroxyl groups is 1. The Morgan fingerprint density at radius 2 is 2.08 bits per heavy atom. The van der Waals surface area contributed by atoms with E-state index in [0.717, 1.165) is 10.8 Å². The molecule has 0 aliphatic carbocycles. The Morgan fingerprint density at radius 1 is 1.42 bits per heavy atom. The molecule has 0 spiro atoms. The third-order valence-electron chi connectivity index (χ3n) is 3.12. The average Bonchev–Trinajstić information content (AvgIpc) is 2.79. The number of halogens is 1. The maximum absolute atomic E-state index is 13.1. The van der Waals surface area contributed by atoms with Gasteiger partial charge in [-0.15, -0.1) is 0 Å². The molecule has 1 unspecified atom stereocenters. The minimum absolute atomic E-state index is 0.0250. The second kappa shape index (κ2) is 7.64. The lowest BCUT2D eigenvalue weighted by molar-refractivity contribution is -0.0438. The van der Waals surface area contributed by atoms with Gasteiger partial charge in [-0.25, -0.2) is 18.3 Å². The number of rotatable bonds is 6. The van der Waals surface area contributed by atoms with Crippen molar-refractivity contribution in [1.82, 2.24) is 9.55 Å². The molecular formula is C10H14FN3O10P2. The Hall–Kier alpha value is -1.47. The van der Waals surface area contributed by atoms with Crippen molar-refractivity contribution in [2.45, 2.75) is 18.4 Å². The summed E-state index contributed by atoms with van der Waals surface area (Å²) in [6, 6.07) is 1.21. The number of phosphoric ester groups is 1. The molecule has 0 bridgehead atoms. The molecule has 1 aromatic rings. The molecule has 2 heterocycles. The van der Waals surface area contributed by atoms with Crippen molar-refractivity contribution in [3.63, 3.8) is 0 Å². The summed E-state index contributed by atoms with van der Waals surface area (Å²) in [5, 5.41) is 10.0. The number of aliphatic hydroxyl groups excluding tert-OH is 1. The maximum Gasteiger partial charge on any atom is 0.481 e. The normalized spacial score (nSPS) is 27.6. The van der Waals surface area contributed by atoms with Crippen LogP contribution < -0.4 is 11.4 Å². The van der Waals surface area contributed by atoms with Crippen LogP contribution in [-0.4, -0.2) is 48.2 Å². The van der Waals surface area contributed by atoms with E-state index in [-0.39, 0.29) is 12.1 Å². The molecule has 6 N–H and O–H groups in total. The monoisotopic (exact) mass is 417 g/mol. The van der Waals surface area contributed by atoms with Gasteiger partial charge in [-0.05, 0) is 6.07 Å². The second-order valence-electron chi connectivity index (χ2n) is 4.96. The number of phosphoric acid groups is 2. The Kier molecular flexibility index (Phi) is 6.13. The Labute approximate surface area is 144 Å². The smallest absolute Gasteiger partial charge is 0.386 e. The molecular weight excluding hydrogens is 403 g/mol. The van der Waals surface area contributed by atoms with Gasteiger partial charge in [0, 0.05) is 11.8 Å². The molecule has 13 nitrogen and oxygen atoms in total. The minimum atomic E-state index is -5.33. The van der Waals surface area contributed by atoms with Crippen LogP contribution in [0.15, 0.2) is 29.0 Å². The van der Waals surface area contributed by atoms with Crippen LogP contribution >= 0.6 is 15.6 Å². The fourth-order valence-corrected chi connectivity index (χ4v) is 3.68. The van der Waals surface area contributed by atoms with E-state index in [0.29, 0.717) is 0 Å². The van der Waals surface area contributed by atoms with Crippen LogP contribution in [0.5, 0.6) is 0 Å². The van der Waals surface area contributed by atoms with Gasteiger partial charge in [-0.1, -0.05) is 0 Å². The number of hydrogen-bond acceptors (Lipinski definition) is 9. The number of aromatic nitrogens is 2. The molecule has 26 heavy (non-hydrogen) atoms. The van der Waals surface area contributed by atoms with E-state index in [9.17, 15) is 28.3 Å². The lowest BCUT2D eigenvalue weighted by Crippen LogP contribution is -2.28. The summed E-state index contributed by atoms with van der Waals surface area (Å²) in [6.45, 7) is -0.917. The van der Waals surface area contributed by atoms with Crippen molar-refractivity contribution in [3.8, 4) is 0 Å². The quantitative estimate of drug-likeness (QED) is 0.360. The summed E-state index contributed by atoms with van der Waals surface area (Å²) >= 11 is 0. The van der Waals surface area contributed by atoms with Crippen molar-refractivity contribution in [3.05, 3.63) is 34.7 Å². The van der Waals surface area contributed by atoms with Gasteiger partial charge in [0.15, 0.2) is 6.23 Å². The highest BCUT2D eigenvalue weighted by Gasteiger charge is 2.43. The first kappa shape index (κ1) is 20.8. The van der Waals surface area contributed by atoms with E-state index in [1.807, 2.05) is 0 Å². The Morgan fingerprint density at radius 3 is 2.62 bits per heavy atom. The number of hydrogen-bond donors (Lipinski definition) is 5. The van der Waals surface area contributed by atoms with E-state index >= 15 is 0 Å². The predicted molar refractivity (Wildman–Crippen MR) is 80.9 cm³/mol. The molecule has 16 heteroatoms. The minimum Gasteiger partial charge on any atom is -0.386 e. The van der Waals surface area contributed by atoms with Crippen molar-refractivity contribution in [1.29, 1.82) is 0 Å². The highest BCUT2D eigenvalue weighted by Crippen LogP contribution is 2.57. The first-order valence-electron chi connectivity index (χ1n) is 6.66. The van der Waals surface area contributed by atoms with Crippen molar-refractivity contribution in [2.75, 3.05) is 12.3 Å². The Bertz CT molecular complexity index is 854. The number of nitrogens with zero attached hydrogens (tertiary/aromatic N) is 2. The number of ether oxygens (including phenoxy) is 1. The largest absolute Gasteiger partial charge is 0.481 e. The van der Waals surface area contributed by atoms with Gasteiger partial charge in [0.25, 0.3) is 0 Å². The number of nitrogens with two attached hydrogens (primary N) is 1. The summed E-state index contributed by atoms with van der Waals surface area (Å²) in [5.41, 5.74) is 4.00. The van der Waals surface area contributed by atoms with Gasteiger partial charge in [-0.2, -0.15) is 9.29 Å². The van der Waals surface area contributed by atoms with E-state index in [1.54, 1.807) is 0 Å². The van der Waals surface area contributed by atoms with Gasteiger partial charge in [0.1, 0.15) is 18.0 Å². The van der Waals surface area contributed by atoms with Crippen LogP contribution in [0, 0.1) is 0 Å². The van der Waals surface area contributed by atoms with Gasteiger partial charge >= 0.3 is 21.3 Å². The van der Waals surface area contributed by atoms with E-state index < -0.39 is 52.0 Å². The summed E-state index contributed by atoms with van der Waals surface area (Å²) in [5.74, 6) is -0.105. The molecule has 1 saturated heterocycles. The third kappa shape index (κ3) is 5.04. The van der Waals surface area contributed by atoms with E-state index in [4.69, 9.17) is 20.3 Å². The Balaban J connectivity index is 2.16. The molecule has 0 aromatic carbocycles. The molecule has 4 atom stereocenters. The molecule has 2 rings (SSSR count). The molecule has 1 aliphatic rings. The highest BCUT2D eigenvalue weighted by atomic mass is 31.3. The highest BCUT2D eigenvalue weighted by molar-refractivity contribution is 7.60. The van der Waals surface area contributed by atoms with Crippen molar-refractivity contribution < 1.29 is 46.9 Å². The topological polar surface area (TPSA) is 204 Å². The second-order valence-corrected chi connectivity index (χ2v) is 7.79. The van der Waals surface area contributed by atoms with Crippen LogP contribution in [-0.2, 0) is 22.7 Å². The van der Waals surface area contributed by atoms with Crippen molar-refractivity contribution in [2.24, 2.45) is 0 Å². The fourth-order valence-electron chi connectivity index (χ4n) is 2.08. The molecule has 0 radical (unpaired) electrons. The SMILES string of the molecule is Nc1ccn([C@@H]2O[C@H](COP(=O)(O)OP(=O)(O)O)[C@@H](O)C2=CF)c(=O)n1. The summed E-state index contributed by atoms with van der Waals surface area (Å²) in [6.07, 6.45) is -3.52. The first-order chi connectivity index (χ1) is 11.9. The van der Waals surface area contributed by atoms with E-state index in [2.05, 4.69) is 13.8 Å². The lowest BCUT2D eigenvalue weighted by Gasteiger charge is -2.17. The van der Waals surface area contributed by atoms with Gasteiger partial charge in [-0.3, -0.25) is 9.09 Å². The number of nitrogen functional groups attached to an aromatic ring is 1. The van der Waals surface area contributed by atoms with Gasteiger partial charge in [0.2, 0.25) is 0 Å². The predicted octanol–water partition coefficient (Wildman–Crippen LogP) is -0.837. The fraction of sp³-hybridized carbons (Fsp3) is 0.400. The standard InChI is InChI=1S/C10H14FN3O10P2/c11-3-5-8(15)6(4-22-26(20,21)24-25(17,18)19)23-9(5)14-2-1-7(12)13-10(14)16/h1-3,6,8-9,15H,4H2,(H,20,21)(H2,12,13,16)(H2,17,18,19)/t6-,8+,9-/m1/s1. The zero-order valence-corrected chi connectivity index (χ0v) is 14.4. The lowest BCUT2D eigenvalue weighted by atomic mass is 10.1. The molecule has 0 amide bonds. The van der Waals surface area contributed by atoms with E-state index in [1.165, 1.54) is 6.07 Å². The van der Waals surface area contributed by atoms with Crippen LogP contribution in [0.25, 0.3) is 0 Å². The first-order valence-corrected chi connectivity index (χ1v) is 9.68. The maximum atomic E-state index is 13.1. The molecule has 146 valence electrons. The number of anilines is 1. The molecule has 1 aliphatic heterocycles. The van der Waals surface area contributed by atoms with Crippen LogP contribution in [0.2, 0.25) is 0 Å². The zero-order valence-electron chi connectivity index (χ0n) is 12.7. The molecule has 0 saturated carbocycles. The van der Waals surface area contributed by atoms with Crippen LogP contribution in [0.4, 0.5) is 10.2 Å². The van der Waals surface area contributed by atoms with Crippen LogP contribution in [0.1, 0.15) is 6.23 Å². The third-order valence-corrected chi connectivity index (χ3v) is 5.28. The van der Waals surface area contributed by atoms with Gasteiger partial charge < -0.3 is 30.3 Å². The summed E-state index contributed by atoms with van der Waals surface area (Å²) in [4.78, 5) is 41.4. The summed E-state index contributed by atoms with van der Waals surface area (Å²) < 4.78 is 49.0. The molecule has 1 aromatic heterocycles. The van der Waals surface area contributed by atoms with Gasteiger partial charge in [0.05, 0.1) is 12.9 Å². The van der Waals surface area contributed by atoms with Crippen molar-refractivity contribution >= 4 is 21.5 Å². The average molecular weight is 417 g/mol. The zero-order chi connectivity index (χ0) is 19.7. The summed E-state index contributed by atoms with van der Waals surface area (Å²) in [7, 11) is -10.5.